The molecule has 0 bridgehead atoms. The van der Waals surface area contributed by atoms with Crippen LogP contribution in [0.25, 0.3) is 0 Å². The van der Waals surface area contributed by atoms with E-state index in [9.17, 15) is 4.79 Å². The van der Waals surface area contributed by atoms with Crippen LogP contribution in [0.15, 0.2) is 40.3 Å². The number of nitrogens with zero attached hydrogens (tertiary/aromatic N) is 2. The minimum atomic E-state index is -0.155. The zero-order valence-electron chi connectivity index (χ0n) is 10.2. The Hall–Kier alpha value is -1.97. The monoisotopic (exact) mass is 244 g/mol. The molecule has 0 aliphatic carbocycles. The Balaban J connectivity index is 1.60. The van der Waals surface area contributed by atoms with Crippen molar-refractivity contribution >= 4 is 18.5 Å². The quantitative estimate of drug-likeness (QED) is 0.721. The van der Waals surface area contributed by atoms with Crippen LogP contribution < -0.4 is 0 Å². The lowest BCUT2D eigenvalue weighted by atomic mass is 10.1. The van der Waals surface area contributed by atoms with Gasteiger partial charge in [0.1, 0.15) is 12.9 Å². The van der Waals surface area contributed by atoms with Gasteiger partial charge in [0.2, 0.25) is 0 Å². The molecule has 0 fully saturated rings. The maximum atomic E-state index is 11.5. The number of aliphatic imine (C=N–C) groups is 2. The molecule has 1 aliphatic rings. The molecule has 1 aromatic carbocycles. The van der Waals surface area contributed by atoms with Gasteiger partial charge in [-0.05, 0) is 18.4 Å². The Bertz CT molecular complexity index is 428. The van der Waals surface area contributed by atoms with E-state index in [0.29, 0.717) is 13.0 Å². The molecule has 0 radical (unpaired) electrons. The minimum absolute atomic E-state index is 0.145. The smallest absolute Gasteiger partial charge is 0.306 e. The van der Waals surface area contributed by atoms with Crippen molar-refractivity contribution in [3.63, 3.8) is 0 Å². The van der Waals surface area contributed by atoms with Crippen molar-refractivity contribution in [2.75, 3.05) is 0 Å². The summed E-state index contributed by atoms with van der Waals surface area (Å²) in [5, 5.41) is 0. The Labute approximate surface area is 106 Å². The molecule has 4 nitrogen and oxygen atoms in total. The van der Waals surface area contributed by atoms with Gasteiger partial charge in [-0.25, -0.2) is 4.99 Å². The summed E-state index contributed by atoms with van der Waals surface area (Å²) >= 11 is 0. The molecule has 0 saturated heterocycles. The van der Waals surface area contributed by atoms with Gasteiger partial charge < -0.3 is 4.74 Å². The zero-order valence-corrected chi connectivity index (χ0v) is 10.2. The molecule has 1 atom stereocenters. The molecule has 4 heteroatoms. The highest BCUT2D eigenvalue weighted by atomic mass is 16.5. The largest absolute Gasteiger partial charge is 0.461 e. The van der Waals surface area contributed by atoms with Crippen molar-refractivity contribution in [2.45, 2.75) is 31.9 Å². The first kappa shape index (κ1) is 12.5. The van der Waals surface area contributed by atoms with Crippen LogP contribution in [0, 0.1) is 0 Å². The van der Waals surface area contributed by atoms with Crippen LogP contribution >= 0.6 is 0 Å². The molecule has 0 aromatic heterocycles. The summed E-state index contributed by atoms with van der Waals surface area (Å²) in [4.78, 5) is 19.5. The van der Waals surface area contributed by atoms with Crippen LogP contribution in [0.1, 0.15) is 24.8 Å². The van der Waals surface area contributed by atoms with Gasteiger partial charge in [-0.15, -0.1) is 0 Å². The molecule has 1 aromatic rings. The highest BCUT2D eigenvalue weighted by Gasteiger charge is 2.08. The summed E-state index contributed by atoms with van der Waals surface area (Å²) < 4.78 is 5.18. The molecule has 1 heterocycles. The summed E-state index contributed by atoms with van der Waals surface area (Å²) in [6.45, 7) is 0.350. The van der Waals surface area contributed by atoms with E-state index in [-0.39, 0.29) is 12.0 Å². The predicted molar refractivity (Wildman–Crippen MR) is 70.9 cm³/mol. The average molecular weight is 244 g/mol. The molecule has 2 rings (SSSR count). The van der Waals surface area contributed by atoms with Gasteiger partial charge in [-0.3, -0.25) is 9.79 Å². The van der Waals surface area contributed by atoms with Crippen molar-refractivity contribution in [3.8, 4) is 0 Å². The average Bonchev–Trinajstić information content (AvgIpc) is 2.91. The number of esters is 1. The molecule has 0 saturated carbocycles. The fourth-order valence-electron chi connectivity index (χ4n) is 1.72. The van der Waals surface area contributed by atoms with Crippen LogP contribution in [0.3, 0.4) is 0 Å². The summed E-state index contributed by atoms with van der Waals surface area (Å²) in [6.07, 6.45) is 5.42. The second kappa shape index (κ2) is 6.69. The van der Waals surface area contributed by atoms with E-state index in [0.717, 1.165) is 18.4 Å². The van der Waals surface area contributed by atoms with E-state index in [1.807, 2.05) is 30.3 Å². The van der Waals surface area contributed by atoms with Gasteiger partial charge >= 0.3 is 5.97 Å². The number of hydrogen-bond acceptors (Lipinski definition) is 4. The first-order valence-corrected chi connectivity index (χ1v) is 6.09. The van der Waals surface area contributed by atoms with E-state index in [4.69, 9.17) is 4.74 Å². The Morgan fingerprint density at radius 1 is 1.28 bits per heavy atom. The number of carbonyl (C=O) groups excluding carboxylic acids is 1. The van der Waals surface area contributed by atoms with Gasteiger partial charge in [0.25, 0.3) is 0 Å². The fraction of sp³-hybridized carbons (Fsp3) is 0.357. The van der Waals surface area contributed by atoms with Gasteiger partial charge in [0, 0.05) is 12.6 Å². The number of rotatable bonds is 6. The molecule has 0 amide bonds. The minimum Gasteiger partial charge on any atom is -0.461 e. The van der Waals surface area contributed by atoms with E-state index in [1.165, 1.54) is 0 Å². The first-order chi connectivity index (χ1) is 8.84. The molecule has 0 spiro atoms. The van der Waals surface area contributed by atoms with E-state index in [2.05, 4.69) is 9.98 Å². The Kier molecular flexibility index (Phi) is 4.64. The molecule has 0 N–H and O–H groups in total. The lowest BCUT2D eigenvalue weighted by molar-refractivity contribution is -0.145. The third-order valence-corrected chi connectivity index (χ3v) is 2.71. The fourth-order valence-corrected chi connectivity index (χ4v) is 1.72. The van der Waals surface area contributed by atoms with Gasteiger partial charge in [-0.1, -0.05) is 30.3 Å². The van der Waals surface area contributed by atoms with Crippen molar-refractivity contribution < 1.29 is 9.53 Å². The third kappa shape index (κ3) is 4.13. The van der Waals surface area contributed by atoms with Crippen molar-refractivity contribution in [3.05, 3.63) is 35.9 Å². The van der Waals surface area contributed by atoms with Crippen molar-refractivity contribution in [1.29, 1.82) is 0 Å². The van der Waals surface area contributed by atoms with Crippen molar-refractivity contribution in [2.24, 2.45) is 9.98 Å². The highest BCUT2D eigenvalue weighted by Crippen LogP contribution is 2.08. The summed E-state index contributed by atoms with van der Waals surface area (Å²) in [5.74, 6) is -0.155. The normalized spacial score (nSPS) is 17.0. The maximum absolute atomic E-state index is 11.5. The van der Waals surface area contributed by atoms with E-state index in [1.54, 1.807) is 12.6 Å². The summed E-state index contributed by atoms with van der Waals surface area (Å²) in [7, 11) is 0. The lowest BCUT2D eigenvalue weighted by Gasteiger charge is -2.05. The van der Waals surface area contributed by atoms with Gasteiger partial charge in [0.15, 0.2) is 0 Å². The van der Waals surface area contributed by atoms with E-state index >= 15 is 0 Å². The van der Waals surface area contributed by atoms with Gasteiger partial charge in [0.05, 0.1) is 6.04 Å². The molecule has 18 heavy (non-hydrogen) atoms. The molecule has 1 unspecified atom stereocenters. The predicted octanol–water partition coefficient (Wildman–Crippen LogP) is 2.38. The summed E-state index contributed by atoms with van der Waals surface area (Å²) in [5.41, 5.74) is 1.01. The van der Waals surface area contributed by atoms with Crippen LogP contribution in [0.2, 0.25) is 0 Å². The molecular formula is C14H16N2O2. The number of carbonyl (C=O) groups is 1. The number of hydrogen-bond donors (Lipinski definition) is 0. The number of benzene rings is 1. The Morgan fingerprint density at radius 2 is 2.11 bits per heavy atom. The molecule has 1 aliphatic heterocycles. The second-order valence-electron chi connectivity index (χ2n) is 4.17. The maximum Gasteiger partial charge on any atom is 0.306 e. The standard InChI is InChI=1S/C14H16N2O2/c17-14(8-4-7-13-9-15-11-16-13)18-10-12-5-2-1-3-6-12/h1-3,5-6,9,11,13H,4,7-8,10H2. The van der Waals surface area contributed by atoms with Crippen LogP contribution in [-0.2, 0) is 16.1 Å². The van der Waals surface area contributed by atoms with Crippen LogP contribution in [-0.4, -0.2) is 24.6 Å². The first-order valence-electron chi connectivity index (χ1n) is 6.09. The summed E-state index contributed by atoms with van der Waals surface area (Å²) in [6, 6.07) is 9.83. The van der Waals surface area contributed by atoms with Crippen LogP contribution in [0.5, 0.6) is 0 Å². The second-order valence-corrected chi connectivity index (χ2v) is 4.17. The topological polar surface area (TPSA) is 51.0 Å². The highest BCUT2D eigenvalue weighted by molar-refractivity contribution is 5.82. The third-order valence-electron chi connectivity index (χ3n) is 2.71. The van der Waals surface area contributed by atoms with E-state index < -0.39 is 0 Å². The number of ether oxygens (including phenoxy) is 1. The van der Waals surface area contributed by atoms with Crippen molar-refractivity contribution in [1.82, 2.24) is 0 Å². The molecular weight excluding hydrogens is 228 g/mol. The zero-order chi connectivity index (χ0) is 12.6. The lowest BCUT2D eigenvalue weighted by Crippen LogP contribution is -2.07. The van der Waals surface area contributed by atoms with Gasteiger partial charge in [-0.2, -0.15) is 0 Å². The van der Waals surface area contributed by atoms with Crippen LogP contribution in [0.4, 0.5) is 0 Å². The Morgan fingerprint density at radius 3 is 2.83 bits per heavy atom. The molecule has 94 valence electrons. The SMILES string of the molecule is O=C(CCCC1C=NC=N1)OCc1ccccc1.